The molecule has 1 aliphatic carbocycles. The van der Waals surface area contributed by atoms with Crippen LogP contribution in [0.2, 0.25) is 0 Å². The maximum atomic E-state index is 13.1. The molecule has 25 heavy (non-hydrogen) atoms. The summed E-state index contributed by atoms with van der Waals surface area (Å²) in [5, 5.41) is 3.15. The van der Waals surface area contributed by atoms with Crippen LogP contribution in [0.5, 0.6) is 0 Å². The van der Waals surface area contributed by atoms with Gasteiger partial charge >= 0.3 is 0 Å². The number of hydrogen-bond donors (Lipinski definition) is 2. The summed E-state index contributed by atoms with van der Waals surface area (Å²) in [6.07, 6.45) is 4.02. The van der Waals surface area contributed by atoms with E-state index < -0.39 is 11.4 Å². The monoisotopic (exact) mass is 350 g/mol. The normalized spacial score (nSPS) is 33.2. The molecule has 7 nitrogen and oxygen atoms in total. The van der Waals surface area contributed by atoms with Crippen LogP contribution in [0.1, 0.15) is 52.4 Å². The quantitative estimate of drug-likeness (QED) is 0.717. The zero-order chi connectivity index (χ0) is 18.6. The highest BCUT2D eigenvalue weighted by atomic mass is 16.2. The Hall–Kier alpha value is -1.63. The Morgan fingerprint density at radius 2 is 1.88 bits per heavy atom. The number of likely N-dealkylation sites (N-methyl/N-ethyl adjacent to an activating group) is 1. The largest absolute Gasteiger partial charge is 0.370 e. The molecule has 140 valence electrons. The standard InChI is InChI=1S/C18H30N4O3/c1-17(2,21(3)4)16(25)22-11-5-6-13(22)12-10-18(12,9-11)20-15(24)8-7-14(19)23/h11-13H,5-10H2,1-4H3,(H2,19,23)(H,20,24)/t11-,12+,13+,18-/m1/s1. The molecule has 3 N–H and O–H groups in total. The summed E-state index contributed by atoms with van der Waals surface area (Å²) >= 11 is 0. The van der Waals surface area contributed by atoms with Gasteiger partial charge in [0.2, 0.25) is 17.7 Å². The number of piperidine rings is 1. The van der Waals surface area contributed by atoms with Gasteiger partial charge in [0.25, 0.3) is 0 Å². The topological polar surface area (TPSA) is 95.7 Å². The Morgan fingerprint density at radius 3 is 2.48 bits per heavy atom. The van der Waals surface area contributed by atoms with Gasteiger partial charge in [-0.05, 0) is 53.6 Å². The van der Waals surface area contributed by atoms with Crippen LogP contribution >= 0.6 is 0 Å². The number of hydrogen-bond acceptors (Lipinski definition) is 4. The van der Waals surface area contributed by atoms with Crippen LogP contribution in [-0.4, -0.2) is 64.8 Å². The average Bonchev–Trinajstić information content (AvgIpc) is 3.11. The molecule has 2 saturated heterocycles. The third kappa shape index (κ3) is 3.03. The van der Waals surface area contributed by atoms with Crippen LogP contribution in [0.4, 0.5) is 0 Å². The van der Waals surface area contributed by atoms with Gasteiger partial charge in [-0.2, -0.15) is 0 Å². The predicted molar refractivity (Wildman–Crippen MR) is 93.4 cm³/mol. The van der Waals surface area contributed by atoms with Gasteiger partial charge in [-0.3, -0.25) is 19.3 Å². The van der Waals surface area contributed by atoms with Crippen LogP contribution in [0.25, 0.3) is 0 Å². The maximum absolute atomic E-state index is 13.1. The van der Waals surface area contributed by atoms with E-state index in [4.69, 9.17) is 5.73 Å². The number of nitrogens with one attached hydrogen (secondary N) is 1. The molecule has 2 bridgehead atoms. The molecule has 7 heteroatoms. The lowest BCUT2D eigenvalue weighted by molar-refractivity contribution is -0.146. The predicted octanol–water partition coefficient (Wildman–Crippen LogP) is 0.230. The maximum Gasteiger partial charge on any atom is 0.243 e. The Kier molecular flexibility index (Phi) is 4.34. The zero-order valence-electron chi connectivity index (χ0n) is 15.7. The minimum Gasteiger partial charge on any atom is -0.370 e. The molecule has 2 aliphatic heterocycles. The summed E-state index contributed by atoms with van der Waals surface area (Å²) in [5.41, 5.74) is 4.43. The van der Waals surface area contributed by atoms with E-state index in [1.54, 1.807) is 0 Å². The number of nitrogens with zero attached hydrogens (tertiary/aromatic N) is 2. The van der Waals surface area contributed by atoms with Crippen molar-refractivity contribution in [1.82, 2.24) is 15.1 Å². The molecule has 0 aromatic carbocycles. The Morgan fingerprint density at radius 1 is 1.20 bits per heavy atom. The van der Waals surface area contributed by atoms with Crippen molar-refractivity contribution in [3.8, 4) is 0 Å². The van der Waals surface area contributed by atoms with E-state index in [1.165, 1.54) is 0 Å². The van der Waals surface area contributed by atoms with Crippen molar-refractivity contribution >= 4 is 17.7 Å². The van der Waals surface area contributed by atoms with Crippen molar-refractivity contribution in [2.75, 3.05) is 14.1 Å². The Labute approximate surface area is 149 Å². The average molecular weight is 350 g/mol. The van der Waals surface area contributed by atoms with Gasteiger partial charge in [0.15, 0.2) is 0 Å². The molecular formula is C18H30N4O3. The second-order valence-corrected chi connectivity index (χ2v) is 8.65. The van der Waals surface area contributed by atoms with E-state index in [2.05, 4.69) is 10.2 Å². The van der Waals surface area contributed by atoms with Crippen molar-refractivity contribution in [2.45, 2.75) is 75.5 Å². The third-order valence-electron chi connectivity index (χ3n) is 6.61. The van der Waals surface area contributed by atoms with E-state index in [0.29, 0.717) is 5.92 Å². The Bertz CT molecular complexity index is 603. The van der Waals surface area contributed by atoms with Crippen molar-refractivity contribution in [2.24, 2.45) is 11.7 Å². The van der Waals surface area contributed by atoms with Crippen LogP contribution in [0, 0.1) is 5.92 Å². The fourth-order valence-electron chi connectivity index (χ4n) is 4.60. The van der Waals surface area contributed by atoms with Gasteiger partial charge < -0.3 is 16.0 Å². The van der Waals surface area contributed by atoms with Gasteiger partial charge in [-0.15, -0.1) is 0 Å². The van der Waals surface area contributed by atoms with Gasteiger partial charge in [-0.25, -0.2) is 0 Å². The van der Waals surface area contributed by atoms with Gasteiger partial charge in [0.05, 0.1) is 5.54 Å². The van der Waals surface area contributed by atoms with Crippen molar-refractivity contribution in [1.29, 1.82) is 0 Å². The number of fused-ring (bicyclic) bond motifs is 4. The number of amides is 3. The second-order valence-electron chi connectivity index (χ2n) is 8.65. The first kappa shape index (κ1) is 18.2. The smallest absolute Gasteiger partial charge is 0.243 e. The summed E-state index contributed by atoms with van der Waals surface area (Å²) < 4.78 is 0. The number of carbonyl (C=O) groups excluding carboxylic acids is 3. The molecule has 0 spiro atoms. The van der Waals surface area contributed by atoms with Crippen LogP contribution < -0.4 is 11.1 Å². The number of rotatable bonds is 6. The van der Waals surface area contributed by atoms with E-state index in [9.17, 15) is 14.4 Å². The lowest BCUT2D eigenvalue weighted by Gasteiger charge is -2.44. The Balaban J connectivity index is 1.68. The molecule has 0 unspecified atom stereocenters. The lowest BCUT2D eigenvalue weighted by Crippen LogP contribution is -2.60. The summed E-state index contributed by atoms with van der Waals surface area (Å²) in [6.45, 7) is 3.93. The number of carbonyl (C=O) groups is 3. The molecule has 0 aromatic heterocycles. The molecule has 3 rings (SSSR count). The first-order chi connectivity index (χ1) is 11.6. The summed E-state index contributed by atoms with van der Waals surface area (Å²) in [5.74, 6) is -0.0308. The van der Waals surface area contributed by atoms with Crippen LogP contribution in [0.15, 0.2) is 0 Å². The van der Waals surface area contributed by atoms with Crippen molar-refractivity contribution in [3.63, 3.8) is 0 Å². The molecule has 4 atom stereocenters. The van der Waals surface area contributed by atoms with E-state index in [-0.39, 0.29) is 42.3 Å². The highest BCUT2D eigenvalue weighted by Crippen LogP contribution is 2.59. The fraction of sp³-hybridized carbons (Fsp3) is 0.833. The molecule has 3 fully saturated rings. The van der Waals surface area contributed by atoms with Gasteiger partial charge in [-0.1, -0.05) is 0 Å². The minimum absolute atomic E-state index is 0.0844. The van der Waals surface area contributed by atoms with E-state index in [1.807, 2.05) is 32.8 Å². The highest BCUT2D eigenvalue weighted by molar-refractivity contribution is 5.87. The second kappa shape index (κ2) is 5.97. The molecule has 3 aliphatic rings. The molecule has 0 aromatic rings. The SMILES string of the molecule is CN(C)C(C)(C)C(=O)N1[C@@H]2CC[C@H]1[C@@H]1C[C@]1(NC(=O)CCC(N)=O)C2. The minimum atomic E-state index is -0.527. The molecule has 1 saturated carbocycles. The third-order valence-corrected chi connectivity index (χ3v) is 6.61. The summed E-state index contributed by atoms with van der Waals surface area (Å²) in [7, 11) is 3.87. The number of nitrogens with two attached hydrogens (primary N) is 1. The van der Waals surface area contributed by atoms with Crippen LogP contribution in [0.3, 0.4) is 0 Å². The zero-order valence-corrected chi connectivity index (χ0v) is 15.7. The lowest BCUT2D eigenvalue weighted by atomic mass is 9.93. The van der Waals surface area contributed by atoms with Crippen molar-refractivity contribution < 1.29 is 14.4 Å². The van der Waals surface area contributed by atoms with Crippen LogP contribution in [-0.2, 0) is 14.4 Å². The highest BCUT2D eigenvalue weighted by Gasteiger charge is 2.67. The summed E-state index contributed by atoms with van der Waals surface area (Å²) in [4.78, 5) is 40.2. The molecule has 2 heterocycles. The fourth-order valence-corrected chi connectivity index (χ4v) is 4.60. The first-order valence-corrected chi connectivity index (χ1v) is 9.18. The molecule has 3 amide bonds. The first-order valence-electron chi connectivity index (χ1n) is 9.18. The number of primary amides is 1. The molecular weight excluding hydrogens is 320 g/mol. The van der Waals surface area contributed by atoms with Crippen molar-refractivity contribution in [3.05, 3.63) is 0 Å². The van der Waals surface area contributed by atoms with E-state index >= 15 is 0 Å². The van der Waals surface area contributed by atoms with Gasteiger partial charge in [0, 0.05) is 36.4 Å². The van der Waals surface area contributed by atoms with Gasteiger partial charge in [0.1, 0.15) is 0 Å². The molecule has 0 radical (unpaired) electrons. The van der Waals surface area contributed by atoms with E-state index in [0.717, 1.165) is 25.7 Å². The summed E-state index contributed by atoms with van der Waals surface area (Å²) in [6, 6.07) is 0.425.